The van der Waals surface area contributed by atoms with Crippen molar-refractivity contribution in [3.63, 3.8) is 0 Å². The van der Waals surface area contributed by atoms with Crippen LogP contribution in [0.25, 0.3) is 0 Å². The second kappa shape index (κ2) is 5.92. The van der Waals surface area contributed by atoms with Gasteiger partial charge in [-0.05, 0) is 32.0 Å². The van der Waals surface area contributed by atoms with E-state index in [-0.39, 0.29) is 29.2 Å². The predicted octanol–water partition coefficient (Wildman–Crippen LogP) is 1.33. The van der Waals surface area contributed by atoms with Gasteiger partial charge < -0.3 is 20.5 Å². The second-order valence-electron chi connectivity index (χ2n) is 4.85. The minimum atomic E-state index is -1.06. The summed E-state index contributed by atoms with van der Waals surface area (Å²) in [4.78, 5) is 23.1. The van der Waals surface area contributed by atoms with Gasteiger partial charge in [0, 0.05) is 17.8 Å². The monoisotopic (exact) mass is 278 g/mol. The van der Waals surface area contributed by atoms with Gasteiger partial charge in [0.15, 0.2) is 0 Å². The third-order valence-electron chi connectivity index (χ3n) is 3.56. The van der Waals surface area contributed by atoms with Gasteiger partial charge in [0.1, 0.15) is 11.3 Å². The lowest BCUT2D eigenvalue weighted by Gasteiger charge is -2.15. The van der Waals surface area contributed by atoms with E-state index in [1.54, 1.807) is 6.07 Å². The first-order valence-electron chi connectivity index (χ1n) is 6.48. The number of ether oxygens (including phenoxy) is 1. The molecule has 0 spiro atoms. The molecule has 2 rings (SSSR count). The highest BCUT2D eigenvalue weighted by Gasteiger charge is 2.29. The quantitative estimate of drug-likeness (QED) is 0.773. The topological polar surface area (TPSA) is 87.7 Å². The van der Waals surface area contributed by atoms with Crippen LogP contribution in [0.4, 0.5) is 5.69 Å². The number of nitrogens with one attached hydrogen (secondary N) is 2. The highest BCUT2D eigenvalue weighted by molar-refractivity contribution is 5.95. The molecule has 6 nitrogen and oxygen atoms in total. The Morgan fingerprint density at radius 2 is 2.20 bits per heavy atom. The summed E-state index contributed by atoms with van der Waals surface area (Å²) >= 11 is 0. The number of carboxylic acid groups (broad SMARTS) is 1. The van der Waals surface area contributed by atoms with E-state index < -0.39 is 5.97 Å². The first-order chi connectivity index (χ1) is 9.52. The summed E-state index contributed by atoms with van der Waals surface area (Å²) in [5, 5.41) is 15.0. The third-order valence-corrected chi connectivity index (χ3v) is 3.56. The zero-order valence-corrected chi connectivity index (χ0v) is 11.5. The van der Waals surface area contributed by atoms with Crippen LogP contribution in [0.15, 0.2) is 18.2 Å². The van der Waals surface area contributed by atoms with Crippen LogP contribution in [-0.4, -0.2) is 36.7 Å². The Balaban J connectivity index is 2.13. The van der Waals surface area contributed by atoms with Crippen LogP contribution < -0.4 is 15.4 Å². The fourth-order valence-corrected chi connectivity index (χ4v) is 2.40. The van der Waals surface area contributed by atoms with E-state index in [9.17, 15) is 9.59 Å². The van der Waals surface area contributed by atoms with Crippen molar-refractivity contribution >= 4 is 17.6 Å². The molecule has 1 amide bonds. The lowest BCUT2D eigenvalue weighted by molar-refractivity contribution is -0.120. The molecule has 0 saturated carbocycles. The predicted molar refractivity (Wildman–Crippen MR) is 74.2 cm³/mol. The normalized spacial score (nSPS) is 21.5. The molecule has 0 aromatic heterocycles. The van der Waals surface area contributed by atoms with Gasteiger partial charge in [-0.2, -0.15) is 0 Å². The number of methoxy groups -OCH3 is 1. The number of carbonyl (C=O) groups is 2. The first-order valence-corrected chi connectivity index (χ1v) is 6.48. The number of aromatic carboxylic acids is 1. The van der Waals surface area contributed by atoms with E-state index in [2.05, 4.69) is 10.6 Å². The van der Waals surface area contributed by atoms with Crippen LogP contribution >= 0.6 is 0 Å². The molecule has 2 atom stereocenters. The smallest absolute Gasteiger partial charge is 0.339 e. The summed E-state index contributed by atoms with van der Waals surface area (Å²) in [6.07, 6.45) is 0.803. The highest BCUT2D eigenvalue weighted by atomic mass is 16.5. The van der Waals surface area contributed by atoms with Gasteiger partial charge in [0.2, 0.25) is 5.91 Å². The number of carboxylic acids is 1. The summed E-state index contributed by atoms with van der Waals surface area (Å²) in [6, 6.07) is 4.66. The van der Waals surface area contributed by atoms with Gasteiger partial charge >= 0.3 is 5.97 Å². The Morgan fingerprint density at radius 3 is 2.75 bits per heavy atom. The number of anilines is 1. The Kier molecular flexibility index (Phi) is 4.24. The van der Waals surface area contributed by atoms with Gasteiger partial charge in [-0.3, -0.25) is 4.79 Å². The van der Waals surface area contributed by atoms with Gasteiger partial charge in [0.05, 0.1) is 13.0 Å². The van der Waals surface area contributed by atoms with Crippen LogP contribution in [0.2, 0.25) is 0 Å². The average molecular weight is 278 g/mol. The number of rotatable bonds is 4. The second-order valence-corrected chi connectivity index (χ2v) is 4.85. The molecule has 1 fully saturated rings. The maximum Gasteiger partial charge on any atom is 0.339 e. The van der Waals surface area contributed by atoms with E-state index >= 15 is 0 Å². The van der Waals surface area contributed by atoms with E-state index in [0.717, 1.165) is 13.0 Å². The molecule has 6 heteroatoms. The molecule has 20 heavy (non-hydrogen) atoms. The molecular formula is C14H18N2O4. The van der Waals surface area contributed by atoms with Crippen LogP contribution in [0.5, 0.6) is 5.75 Å². The molecule has 108 valence electrons. The van der Waals surface area contributed by atoms with Gasteiger partial charge in [-0.15, -0.1) is 0 Å². The molecule has 1 aromatic carbocycles. The highest BCUT2D eigenvalue weighted by Crippen LogP contribution is 2.24. The largest absolute Gasteiger partial charge is 0.496 e. The molecular weight excluding hydrogens is 260 g/mol. The summed E-state index contributed by atoms with van der Waals surface area (Å²) in [5.74, 6) is -0.964. The fraction of sp³-hybridized carbons (Fsp3) is 0.429. The molecule has 3 N–H and O–H groups in total. The van der Waals surface area contributed by atoms with Crippen molar-refractivity contribution < 1.29 is 19.4 Å². The maximum absolute atomic E-state index is 12.1. The summed E-state index contributed by atoms with van der Waals surface area (Å²) in [5.41, 5.74) is 0.609. The van der Waals surface area contributed by atoms with Gasteiger partial charge in [-0.25, -0.2) is 4.79 Å². The van der Waals surface area contributed by atoms with Crippen LogP contribution in [0.1, 0.15) is 23.7 Å². The van der Waals surface area contributed by atoms with Crippen LogP contribution in [0, 0.1) is 5.92 Å². The number of benzene rings is 1. The summed E-state index contributed by atoms with van der Waals surface area (Å²) in [7, 11) is 1.40. The fourth-order valence-electron chi connectivity index (χ4n) is 2.40. The van der Waals surface area contributed by atoms with E-state index in [1.807, 2.05) is 6.92 Å². The van der Waals surface area contributed by atoms with Crippen molar-refractivity contribution in [2.45, 2.75) is 19.4 Å². The molecule has 0 bridgehead atoms. The molecule has 0 aliphatic carbocycles. The summed E-state index contributed by atoms with van der Waals surface area (Å²) < 4.78 is 5.03. The minimum absolute atomic E-state index is 0.0624. The molecule has 1 aromatic rings. The number of carbonyl (C=O) groups excluding carboxylic acids is 1. The molecule has 1 saturated heterocycles. The standard InChI is InChI=1S/C14H18N2O4/c1-8-10(5-6-15-8)13(17)16-9-3-4-11(14(18)19)12(7-9)20-2/h3-4,7-8,10,15H,5-6H2,1-2H3,(H,16,17)(H,18,19). The molecule has 2 unspecified atom stereocenters. The Labute approximate surface area is 117 Å². The van der Waals surface area contributed by atoms with Gasteiger partial charge in [0.25, 0.3) is 0 Å². The Morgan fingerprint density at radius 1 is 1.45 bits per heavy atom. The Bertz CT molecular complexity index is 530. The number of hydrogen-bond acceptors (Lipinski definition) is 4. The van der Waals surface area contributed by atoms with Crippen molar-refractivity contribution in [2.75, 3.05) is 19.0 Å². The molecule has 1 aliphatic heterocycles. The zero-order chi connectivity index (χ0) is 14.7. The lowest BCUT2D eigenvalue weighted by atomic mass is 10.0. The van der Waals surface area contributed by atoms with Crippen molar-refractivity contribution in [2.24, 2.45) is 5.92 Å². The average Bonchev–Trinajstić information content (AvgIpc) is 2.84. The molecule has 0 radical (unpaired) electrons. The van der Waals surface area contributed by atoms with Crippen LogP contribution in [-0.2, 0) is 4.79 Å². The van der Waals surface area contributed by atoms with E-state index in [1.165, 1.54) is 19.2 Å². The first kappa shape index (κ1) is 14.3. The third kappa shape index (κ3) is 2.91. The Hall–Kier alpha value is -2.08. The van der Waals surface area contributed by atoms with Crippen molar-refractivity contribution in [3.8, 4) is 5.75 Å². The lowest BCUT2D eigenvalue weighted by Crippen LogP contribution is -2.32. The summed E-state index contributed by atoms with van der Waals surface area (Å²) in [6.45, 7) is 2.81. The van der Waals surface area contributed by atoms with Gasteiger partial charge in [-0.1, -0.05) is 0 Å². The zero-order valence-electron chi connectivity index (χ0n) is 11.5. The minimum Gasteiger partial charge on any atom is -0.496 e. The van der Waals surface area contributed by atoms with Crippen LogP contribution in [0.3, 0.4) is 0 Å². The van der Waals surface area contributed by atoms with Crippen molar-refractivity contribution in [3.05, 3.63) is 23.8 Å². The van der Waals surface area contributed by atoms with E-state index in [4.69, 9.17) is 9.84 Å². The van der Waals surface area contributed by atoms with Crippen molar-refractivity contribution in [1.82, 2.24) is 5.32 Å². The van der Waals surface area contributed by atoms with E-state index in [0.29, 0.717) is 5.69 Å². The SMILES string of the molecule is COc1cc(NC(=O)C2CCNC2C)ccc1C(=O)O. The molecule has 1 aliphatic rings. The molecule has 1 heterocycles. The maximum atomic E-state index is 12.1. The number of hydrogen-bond donors (Lipinski definition) is 3. The van der Waals surface area contributed by atoms with Crippen molar-refractivity contribution in [1.29, 1.82) is 0 Å². The number of amides is 1.